The van der Waals surface area contributed by atoms with Crippen molar-refractivity contribution in [3.8, 4) is 5.75 Å². The van der Waals surface area contributed by atoms with Crippen LogP contribution in [0.15, 0.2) is 54.6 Å². The molecule has 1 aliphatic heterocycles. The van der Waals surface area contributed by atoms with E-state index in [1.54, 1.807) is 7.11 Å². The smallest absolute Gasteiger partial charge is 0.414 e. The second-order valence-corrected chi connectivity index (χ2v) is 7.62. The molecule has 0 radical (unpaired) electrons. The minimum Gasteiger partial charge on any atom is -0.497 e. The molecular weight excluding hydrogens is 428 g/mol. The predicted octanol–water partition coefficient (Wildman–Crippen LogP) is 2.51. The van der Waals surface area contributed by atoms with Crippen molar-refractivity contribution >= 4 is 23.6 Å². The van der Waals surface area contributed by atoms with Gasteiger partial charge in [0, 0.05) is 31.4 Å². The molecule has 2 aromatic rings. The number of esters is 1. The van der Waals surface area contributed by atoms with E-state index in [0.29, 0.717) is 12.8 Å². The number of piperidine rings is 1. The summed E-state index contributed by atoms with van der Waals surface area (Å²) < 4.78 is 10.4. The lowest BCUT2D eigenvalue weighted by Crippen LogP contribution is -2.55. The first-order chi connectivity index (χ1) is 15.8. The molecule has 1 heterocycles. The minimum absolute atomic E-state index is 0.201. The number of rotatable bonds is 7. The summed E-state index contributed by atoms with van der Waals surface area (Å²) in [6.07, 6.45) is 2.45. The first-order valence-corrected chi connectivity index (χ1v) is 10.5. The molecule has 33 heavy (non-hydrogen) atoms. The molecule has 1 saturated heterocycles. The van der Waals surface area contributed by atoms with Crippen molar-refractivity contribution in [2.75, 3.05) is 39.2 Å². The lowest BCUT2D eigenvalue weighted by atomic mass is 9.86. The molecule has 1 fully saturated rings. The summed E-state index contributed by atoms with van der Waals surface area (Å²) in [5.41, 5.74) is 1.53. The van der Waals surface area contributed by atoms with Crippen LogP contribution in [0.5, 0.6) is 5.75 Å². The molecule has 3 rings (SSSR count). The van der Waals surface area contributed by atoms with Gasteiger partial charge in [-0.3, -0.25) is 0 Å². The first-order valence-electron chi connectivity index (χ1n) is 10.5. The van der Waals surface area contributed by atoms with Crippen LogP contribution >= 0.6 is 0 Å². The Morgan fingerprint density at radius 1 is 0.970 bits per heavy atom. The highest BCUT2D eigenvalue weighted by Gasteiger charge is 2.42. The normalized spacial score (nSPS) is 14.8. The number of hydrogen-bond acceptors (Lipinski definition) is 7. The van der Waals surface area contributed by atoms with E-state index in [1.165, 1.54) is 12.7 Å². The summed E-state index contributed by atoms with van der Waals surface area (Å²) in [6.45, 7) is 2.72. The Morgan fingerprint density at radius 3 is 2.15 bits per heavy atom. The van der Waals surface area contributed by atoms with Crippen LogP contribution in [0.2, 0.25) is 0 Å². The van der Waals surface area contributed by atoms with E-state index in [4.69, 9.17) is 29.3 Å². The highest BCUT2D eigenvalue weighted by Crippen LogP contribution is 2.30. The van der Waals surface area contributed by atoms with Gasteiger partial charge in [0.25, 0.3) is 0 Å². The molecule has 0 unspecified atom stereocenters. The SMILES string of the molecule is COC(=O)C1(Nc2cccc(OC)c2)CCN(CCc2ccccc2)CC1.O=C(O)C(=O)O. The fourth-order valence-electron chi connectivity index (χ4n) is 3.64. The average molecular weight is 459 g/mol. The molecule has 0 aliphatic carbocycles. The second kappa shape index (κ2) is 12.4. The second-order valence-electron chi connectivity index (χ2n) is 7.62. The van der Waals surface area contributed by atoms with Crippen LogP contribution in [-0.4, -0.2) is 72.4 Å². The quantitative estimate of drug-likeness (QED) is 0.424. The summed E-state index contributed by atoms with van der Waals surface area (Å²) >= 11 is 0. The summed E-state index contributed by atoms with van der Waals surface area (Å²) in [6, 6.07) is 18.2. The van der Waals surface area contributed by atoms with Gasteiger partial charge in [0.05, 0.1) is 14.2 Å². The van der Waals surface area contributed by atoms with Gasteiger partial charge in [-0.05, 0) is 37.0 Å². The number of carboxylic acid groups (broad SMARTS) is 2. The van der Waals surface area contributed by atoms with Gasteiger partial charge in [0.1, 0.15) is 11.3 Å². The number of anilines is 1. The molecule has 3 N–H and O–H groups in total. The van der Waals surface area contributed by atoms with E-state index in [1.807, 2.05) is 30.3 Å². The Morgan fingerprint density at radius 2 is 1.61 bits per heavy atom. The number of carbonyl (C=O) groups is 3. The number of ether oxygens (including phenoxy) is 2. The van der Waals surface area contributed by atoms with Crippen molar-refractivity contribution in [2.45, 2.75) is 24.8 Å². The van der Waals surface area contributed by atoms with Gasteiger partial charge in [-0.15, -0.1) is 0 Å². The van der Waals surface area contributed by atoms with Crippen LogP contribution in [0.25, 0.3) is 0 Å². The Bertz CT molecular complexity index is 913. The van der Waals surface area contributed by atoms with E-state index in [-0.39, 0.29) is 5.97 Å². The number of aliphatic carboxylic acids is 2. The van der Waals surface area contributed by atoms with Crippen LogP contribution in [0.4, 0.5) is 5.69 Å². The zero-order valence-corrected chi connectivity index (χ0v) is 18.8. The molecule has 9 heteroatoms. The van der Waals surface area contributed by atoms with Crippen LogP contribution in [-0.2, 0) is 25.5 Å². The van der Waals surface area contributed by atoms with E-state index in [2.05, 4.69) is 34.5 Å². The van der Waals surface area contributed by atoms with Crippen molar-refractivity contribution in [1.82, 2.24) is 4.90 Å². The molecule has 0 spiro atoms. The van der Waals surface area contributed by atoms with Crippen LogP contribution in [0, 0.1) is 0 Å². The summed E-state index contributed by atoms with van der Waals surface area (Å²) in [7, 11) is 3.10. The Balaban J connectivity index is 0.000000569. The Kier molecular flexibility index (Phi) is 9.68. The van der Waals surface area contributed by atoms with E-state index in [9.17, 15) is 4.79 Å². The molecule has 0 amide bonds. The fraction of sp³-hybridized carbons (Fsp3) is 0.375. The van der Waals surface area contributed by atoms with Gasteiger partial charge in [-0.25, -0.2) is 14.4 Å². The highest BCUT2D eigenvalue weighted by atomic mass is 16.5. The fourth-order valence-corrected chi connectivity index (χ4v) is 3.64. The molecule has 0 atom stereocenters. The third-order valence-corrected chi connectivity index (χ3v) is 5.48. The van der Waals surface area contributed by atoms with Crippen LogP contribution in [0.1, 0.15) is 18.4 Å². The van der Waals surface area contributed by atoms with Crippen LogP contribution < -0.4 is 10.1 Å². The van der Waals surface area contributed by atoms with Gasteiger partial charge in [-0.2, -0.15) is 0 Å². The molecule has 0 saturated carbocycles. The molecule has 9 nitrogen and oxygen atoms in total. The molecular formula is C24H30N2O7. The Labute approximate surface area is 192 Å². The van der Waals surface area contributed by atoms with E-state index >= 15 is 0 Å². The molecule has 1 aliphatic rings. The van der Waals surface area contributed by atoms with Gasteiger partial charge < -0.3 is 29.9 Å². The maximum Gasteiger partial charge on any atom is 0.414 e. The number of methoxy groups -OCH3 is 2. The number of nitrogens with zero attached hydrogens (tertiary/aromatic N) is 1. The third-order valence-electron chi connectivity index (χ3n) is 5.48. The number of likely N-dealkylation sites (tertiary alicyclic amines) is 1. The lowest BCUT2D eigenvalue weighted by Gasteiger charge is -2.40. The Hall–Kier alpha value is -3.59. The third kappa shape index (κ3) is 7.80. The van der Waals surface area contributed by atoms with Crippen molar-refractivity contribution in [3.05, 3.63) is 60.2 Å². The molecule has 2 aromatic carbocycles. The molecule has 0 aromatic heterocycles. The summed E-state index contributed by atoms with van der Waals surface area (Å²) in [4.78, 5) is 33.2. The van der Waals surface area contributed by atoms with Gasteiger partial charge in [0.15, 0.2) is 0 Å². The molecule has 178 valence electrons. The lowest BCUT2D eigenvalue weighted by molar-refractivity contribution is -0.159. The highest BCUT2D eigenvalue weighted by molar-refractivity contribution is 6.27. The monoisotopic (exact) mass is 458 g/mol. The zero-order valence-electron chi connectivity index (χ0n) is 18.8. The van der Waals surface area contributed by atoms with Gasteiger partial charge in [0.2, 0.25) is 0 Å². The van der Waals surface area contributed by atoms with E-state index < -0.39 is 17.5 Å². The van der Waals surface area contributed by atoms with E-state index in [0.717, 1.165) is 37.5 Å². The minimum atomic E-state index is -1.82. The largest absolute Gasteiger partial charge is 0.497 e. The van der Waals surface area contributed by atoms with Gasteiger partial charge >= 0.3 is 17.9 Å². The van der Waals surface area contributed by atoms with Crippen molar-refractivity contribution in [2.24, 2.45) is 0 Å². The number of hydrogen-bond donors (Lipinski definition) is 3. The number of carboxylic acids is 2. The van der Waals surface area contributed by atoms with Crippen molar-refractivity contribution in [1.29, 1.82) is 0 Å². The predicted molar refractivity (Wildman–Crippen MR) is 122 cm³/mol. The number of benzene rings is 2. The topological polar surface area (TPSA) is 125 Å². The maximum absolute atomic E-state index is 12.6. The number of carbonyl (C=O) groups excluding carboxylic acids is 1. The zero-order chi connectivity index (χ0) is 24.3. The summed E-state index contributed by atoms with van der Waals surface area (Å²) in [5, 5.41) is 18.2. The number of nitrogens with one attached hydrogen (secondary N) is 1. The maximum atomic E-state index is 12.6. The standard InChI is InChI=1S/C22H28N2O3.C2H2O4/c1-26-20-10-6-9-19(17-20)23-22(21(25)27-2)12-15-24(16-13-22)14-11-18-7-4-3-5-8-18;3-1(4)2(5)6/h3-10,17,23H,11-16H2,1-2H3;(H,3,4)(H,5,6). The van der Waals surface area contributed by atoms with Gasteiger partial charge in [-0.1, -0.05) is 36.4 Å². The van der Waals surface area contributed by atoms with Crippen molar-refractivity contribution < 1.29 is 34.1 Å². The average Bonchev–Trinajstić information content (AvgIpc) is 2.84. The first kappa shape index (κ1) is 25.7. The summed E-state index contributed by atoms with van der Waals surface area (Å²) in [5.74, 6) is -3.08. The van der Waals surface area contributed by atoms with Crippen LogP contribution in [0.3, 0.4) is 0 Å². The molecule has 0 bridgehead atoms. The van der Waals surface area contributed by atoms with Crippen molar-refractivity contribution in [3.63, 3.8) is 0 Å².